The van der Waals surface area contributed by atoms with Crippen LogP contribution in [0.3, 0.4) is 0 Å². The molecule has 2 heterocycles. The molecule has 1 fully saturated rings. The Morgan fingerprint density at radius 2 is 2.22 bits per heavy atom. The second-order valence-electron chi connectivity index (χ2n) is 4.27. The molecule has 1 unspecified atom stereocenters. The molecule has 1 aliphatic heterocycles. The van der Waals surface area contributed by atoms with Crippen LogP contribution in [0.15, 0.2) is 12.4 Å². The molecule has 3 N–H and O–H groups in total. The lowest BCUT2D eigenvalue weighted by molar-refractivity contribution is 0.595. The molecule has 1 saturated heterocycles. The third kappa shape index (κ3) is 3.14. The van der Waals surface area contributed by atoms with Gasteiger partial charge in [0.1, 0.15) is 10.7 Å². The van der Waals surface area contributed by atoms with Crippen LogP contribution in [0.1, 0.15) is 12.1 Å². The van der Waals surface area contributed by atoms with Crippen molar-refractivity contribution in [2.75, 3.05) is 23.4 Å². The van der Waals surface area contributed by atoms with Gasteiger partial charge in [0, 0.05) is 18.9 Å². The van der Waals surface area contributed by atoms with Crippen LogP contribution >= 0.6 is 12.2 Å². The highest BCUT2D eigenvalue weighted by atomic mass is 32.2. The maximum Gasteiger partial charge on any atom is 0.155 e. The van der Waals surface area contributed by atoms with Gasteiger partial charge in [0.15, 0.2) is 15.7 Å². The lowest BCUT2D eigenvalue weighted by Crippen LogP contribution is -2.20. The first-order valence-corrected chi connectivity index (χ1v) is 7.76. The molecule has 0 aromatic carbocycles. The Kier molecular flexibility index (Phi) is 3.76. The molecule has 0 spiro atoms. The summed E-state index contributed by atoms with van der Waals surface area (Å²) in [6.45, 7) is 0.535. The Labute approximate surface area is 111 Å². The maximum atomic E-state index is 11.3. The van der Waals surface area contributed by atoms with Crippen molar-refractivity contribution in [1.29, 1.82) is 0 Å². The average molecular weight is 286 g/mol. The number of aromatic nitrogens is 2. The largest absolute Gasteiger partial charge is 0.388 e. The Hall–Kier alpha value is -1.28. The summed E-state index contributed by atoms with van der Waals surface area (Å²) >= 11 is 4.87. The normalized spacial score (nSPS) is 21.7. The van der Waals surface area contributed by atoms with Crippen LogP contribution in [-0.2, 0) is 9.84 Å². The number of anilines is 1. The van der Waals surface area contributed by atoms with Gasteiger partial charge in [-0.25, -0.2) is 18.4 Å². The average Bonchev–Trinajstić information content (AvgIpc) is 2.66. The van der Waals surface area contributed by atoms with Crippen molar-refractivity contribution in [2.24, 2.45) is 11.7 Å². The van der Waals surface area contributed by atoms with Gasteiger partial charge in [-0.3, -0.25) is 0 Å². The summed E-state index contributed by atoms with van der Waals surface area (Å²) < 4.78 is 22.7. The van der Waals surface area contributed by atoms with Crippen molar-refractivity contribution < 1.29 is 8.42 Å². The molecular formula is C10H14N4O2S2. The predicted octanol–water partition coefficient (Wildman–Crippen LogP) is -0.0426. The third-order valence-electron chi connectivity index (χ3n) is 2.82. The smallest absolute Gasteiger partial charge is 0.155 e. The maximum absolute atomic E-state index is 11.3. The number of nitrogens with zero attached hydrogens (tertiary/aromatic N) is 2. The van der Waals surface area contributed by atoms with Crippen molar-refractivity contribution >= 4 is 32.9 Å². The van der Waals surface area contributed by atoms with Gasteiger partial charge in [0.05, 0.1) is 11.5 Å². The minimum atomic E-state index is -2.85. The fraction of sp³-hybridized carbons (Fsp3) is 0.500. The second-order valence-corrected chi connectivity index (χ2v) is 6.94. The van der Waals surface area contributed by atoms with E-state index in [2.05, 4.69) is 15.3 Å². The van der Waals surface area contributed by atoms with E-state index in [1.807, 2.05) is 0 Å². The van der Waals surface area contributed by atoms with Crippen LogP contribution in [0.25, 0.3) is 0 Å². The quantitative estimate of drug-likeness (QED) is 0.749. The number of hydrogen-bond donors (Lipinski definition) is 2. The summed E-state index contributed by atoms with van der Waals surface area (Å²) in [4.78, 5) is 8.32. The first kappa shape index (κ1) is 13.2. The molecule has 1 atom stereocenters. The van der Waals surface area contributed by atoms with E-state index < -0.39 is 9.84 Å². The topological polar surface area (TPSA) is 98.0 Å². The van der Waals surface area contributed by atoms with Crippen molar-refractivity contribution in [3.63, 3.8) is 0 Å². The Morgan fingerprint density at radius 3 is 2.83 bits per heavy atom. The zero-order chi connectivity index (χ0) is 13.2. The van der Waals surface area contributed by atoms with E-state index in [9.17, 15) is 8.42 Å². The highest BCUT2D eigenvalue weighted by Crippen LogP contribution is 2.19. The monoisotopic (exact) mass is 286 g/mol. The lowest BCUT2D eigenvalue weighted by Gasteiger charge is -2.12. The van der Waals surface area contributed by atoms with Gasteiger partial charge in [0.25, 0.3) is 0 Å². The highest BCUT2D eigenvalue weighted by Gasteiger charge is 2.27. The predicted molar refractivity (Wildman–Crippen MR) is 73.2 cm³/mol. The van der Waals surface area contributed by atoms with E-state index in [-0.39, 0.29) is 22.4 Å². The van der Waals surface area contributed by atoms with Gasteiger partial charge < -0.3 is 11.1 Å². The van der Waals surface area contributed by atoms with E-state index in [4.69, 9.17) is 18.0 Å². The molecule has 8 heteroatoms. The van der Waals surface area contributed by atoms with Gasteiger partial charge in [-0.05, 0) is 12.3 Å². The van der Waals surface area contributed by atoms with Gasteiger partial charge in [0.2, 0.25) is 0 Å². The van der Waals surface area contributed by atoms with Crippen molar-refractivity contribution in [2.45, 2.75) is 6.42 Å². The zero-order valence-corrected chi connectivity index (χ0v) is 11.3. The van der Waals surface area contributed by atoms with E-state index in [1.165, 1.54) is 12.4 Å². The number of sulfone groups is 1. The molecule has 0 saturated carbocycles. The molecule has 1 aromatic heterocycles. The minimum Gasteiger partial charge on any atom is -0.388 e. The van der Waals surface area contributed by atoms with Gasteiger partial charge >= 0.3 is 0 Å². The summed E-state index contributed by atoms with van der Waals surface area (Å²) in [5.74, 6) is 1.11. The Balaban J connectivity index is 2.01. The van der Waals surface area contributed by atoms with Gasteiger partial charge in [-0.1, -0.05) is 12.2 Å². The highest BCUT2D eigenvalue weighted by molar-refractivity contribution is 7.91. The van der Waals surface area contributed by atoms with E-state index in [1.54, 1.807) is 0 Å². The molecule has 1 aliphatic rings. The molecule has 98 valence electrons. The standard InChI is InChI=1S/C10H14N4O2S2/c11-9(17)8-10(13-3-2-12-8)14-5-7-1-4-18(15,16)6-7/h2-3,7H,1,4-6H2,(H2,11,17)(H,13,14). The lowest BCUT2D eigenvalue weighted by atomic mass is 10.1. The fourth-order valence-electron chi connectivity index (χ4n) is 1.92. The summed E-state index contributed by atoms with van der Waals surface area (Å²) in [6, 6.07) is 0. The minimum absolute atomic E-state index is 0.108. The van der Waals surface area contributed by atoms with Crippen LogP contribution in [0.5, 0.6) is 0 Å². The van der Waals surface area contributed by atoms with Crippen LogP contribution in [-0.4, -0.2) is 41.4 Å². The molecule has 18 heavy (non-hydrogen) atoms. The van der Waals surface area contributed by atoms with Crippen molar-refractivity contribution in [3.8, 4) is 0 Å². The molecule has 0 bridgehead atoms. The van der Waals surface area contributed by atoms with Gasteiger partial charge in [-0.15, -0.1) is 0 Å². The summed E-state index contributed by atoms with van der Waals surface area (Å²) in [6.07, 6.45) is 3.73. The van der Waals surface area contributed by atoms with E-state index >= 15 is 0 Å². The number of rotatable bonds is 4. The number of nitrogens with two attached hydrogens (primary N) is 1. The van der Waals surface area contributed by atoms with Crippen molar-refractivity contribution in [1.82, 2.24) is 9.97 Å². The van der Waals surface area contributed by atoms with Crippen LogP contribution in [0.2, 0.25) is 0 Å². The zero-order valence-electron chi connectivity index (χ0n) is 9.67. The second kappa shape index (κ2) is 5.15. The summed E-state index contributed by atoms with van der Waals surface area (Å²) in [7, 11) is -2.85. The first-order valence-electron chi connectivity index (χ1n) is 5.53. The molecule has 0 aliphatic carbocycles. The fourth-order valence-corrected chi connectivity index (χ4v) is 3.93. The van der Waals surface area contributed by atoms with E-state index in [0.717, 1.165) is 0 Å². The summed E-state index contributed by atoms with van der Waals surface area (Å²) in [5, 5.41) is 3.07. The Bertz CT molecular complexity index is 559. The van der Waals surface area contributed by atoms with E-state index in [0.29, 0.717) is 24.5 Å². The third-order valence-corrected chi connectivity index (χ3v) is 4.85. The molecule has 1 aromatic rings. The van der Waals surface area contributed by atoms with Gasteiger partial charge in [-0.2, -0.15) is 0 Å². The molecule has 6 nitrogen and oxygen atoms in total. The van der Waals surface area contributed by atoms with Crippen LogP contribution in [0.4, 0.5) is 5.82 Å². The summed E-state index contributed by atoms with van der Waals surface area (Å²) in [5.41, 5.74) is 5.97. The van der Waals surface area contributed by atoms with Crippen LogP contribution in [0, 0.1) is 5.92 Å². The first-order chi connectivity index (χ1) is 8.48. The molecule has 0 amide bonds. The SMILES string of the molecule is NC(=S)c1nccnc1NCC1CCS(=O)(=O)C1. The molecular weight excluding hydrogens is 272 g/mol. The van der Waals surface area contributed by atoms with Crippen molar-refractivity contribution in [3.05, 3.63) is 18.1 Å². The number of thiocarbonyl (C=S) groups is 1. The number of nitrogens with one attached hydrogen (secondary N) is 1. The molecule has 2 rings (SSSR count). The van der Waals surface area contributed by atoms with Crippen LogP contribution < -0.4 is 11.1 Å². The Morgan fingerprint density at radius 1 is 1.50 bits per heavy atom. The number of hydrogen-bond acceptors (Lipinski definition) is 6. The molecule has 0 radical (unpaired) electrons.